The topological polar surface area (TPSA) is 38.8 Å². The number of ether oxygens (including phenoxy) is 2. The molecule has 0 aromatic carbocycles. The average Bonchev–Trinajstić information content (AvgIpc) is 2.15. The van der Waals surface area contributed by atoms with E-state index in [9.17, 15) is 9.18 Å². The second-order valence-corrected chi connectivity index (χ2v) is 2.86. The molecule has 0 rings (SSSR count). The lowest BCUT2D eigenvalue weighted by Gasteiger charge is -2.17. The minimum atomic E-state index is -0.655. The van der Waals surface area contributed by atoms with Crippen LogP contribution in [0.5, 0.6) is 0 Å². The molecule has 0 radical (unpaired) electrons. The molecule has 0 fully saturated rings. The van der Waals surface area contributed by atoms with Crippen molar-refractivity contribution >= 4 is 17.0 Å². The standard InChI is InChI=1S/C8H15ClFNO3/c1-13-6-7-14-5-4-11(3-2-10)8(9)12/h2-7H2,1H3. The third kappa shape index (κ3) is 7.06. The number of amides is 1. The number of halogens is 2. The van der Waals surface area contributed by atoms with Crippen LogP contribution in [0.4, 0.5) is 9.18 Å². The summed E-state index contributed by atoms with van der Waals surface area (Å²) < 4.78 is 21.8. The lowest BCUT2D eigenvalue weighted by atomic mass is 10.5. The zero-order valence-corrected chi connectivity index (χ0v) is 8.93. The molecule has 0 saturated carbocycles. The molecule has 0 aromatic heterocycles. The molecule has 0 atom stereocenters. The molecule has 84 valence electrons. The van der Waals surface area contributed by atoms with Crippen LogP contribution in [0.3, 0.4) is 0 Å². The molecule has 6 heteroatoms. The first kappa shape index (κ1) is 13.6. The number of hydrogen-bond donors (Lipinski definition) is 0. The van der Waals surface area contributed by atoms with Crippen LogP contribution in [0.25, 0.3) is 0 Å². The molecule has 0 unspecified atom stereocenters. The first-order chi connectivity index (χ1) is 6.72. The predicted octanol–water partition coefficient (Wildman–Crippen LogP) is 1.28. The van der Waals surface area contributed by atoms with Gasteiger partial charge >= 0.3 is 5.37 Å². The highest BCUT2D eigenvalue weighted by Gasteiger charge is 2.09. The van der Waals surface area contributed by atoms with E-state index in [1.54, 1.807) is 7.11 Å². The van der Waals surface area contributed by atoms with Gasteiger partial charge in [-0.15, -0.1) is 0 Å². The van der Waals surface area contributed by atoms with Gasteiger partial charge in [0.25, 0.3) is 0 Å². The summed E-state index contributed by atoms with van der Waals surface area (Å²) in [4.78, 5) is 11.9. The molecule has 14 heavy (non-hydrogen) atoms. The lowest BCUT2D eigenvalue weighted by Crippen LogP contribution is -2.32. The lowest BCUT2D eigenvalue weighted by molar-refractivity contribution is 0.0621. The molecule has 0 N–H and O–H groups in total. The molecule has 0 aliphatic heterocycles. The highest BCUT2D eigenvalue weighted by Crippen LogP contribution is 1.96. The summed E-state index contributed by atoms with van der Waals surface area (Å²) in [7, 11) is 1.57. The van der Waals surface area contributed by atoms with E-state index < -0.39 is 12.0 Å². The van der Waals surface area contributed by atoms with Crippen LogP contribution in [0, 0.1) is 0 Å². The molecular weight excluding hydrogens is 213 g/mol. The zero-order valence-electron chi connectivity index (χ0n) is 8.17. The highest BCUT2D eigenvalue weighted by atomic mass is 35.5. The van der Waals surface area contributed by atoms with Crippen molar-refractivity contribution in [1.29, 1.82) is 0 Å². The first-order valence-electron chi connectivity index (χ1n) is 4.29. The molecule has 0 spiro atoms. The van der Waals surface area contributed by atoms with Crippen molar-refractivity contribution in [3.8, 4) is 0 Å². The molecule has 0 aliphatic carbocycles. The van der Waals surface area contributed by atoms with Crippen molar-refractivity contribution in [1.82, 2.24) is 4.90 Å². The van der Waals surface area contributed by atoms with Crippen LogP contribution in [0.2, 0.25) is 0 Å². The van der Waals surface area contributed by atoms with Gasteiger partial charge in [0, 0.05) is 13.7 Å². The van der Waals surface area contributed by atoms with Gasteiger partial charge in [-0.25, -0.2) is 4.39 Å². The van der Waals surface area contributed by atoms with Crippen LogP contribution >= 0.6 is 11.6 Å². The van der Waals surface area contributed by atoms with Crippen LogP contribution in [0.1, 0.15) is 0 Å². The Bertz CT molecular complexity index is 160. The molecule has 0 aromatic rings. The summed E-state index contributed by atoms with van der Waals surface area (Å²) in [5, 5.41) is -0.655. The maximum Gasteiger partial charge on any atom is 0.316 e. The summed E-state index contributed by atoms with van der Waals surface area (Å²) in [6.07, 6.45) is 0. The van der Waals surface area contributed by atoms with Crippen LogP contribution < -0.4 is 0 Å². The monoisotopic (exact) mass is 227 g/mol. The molecule has 0 bridgehead atoms. The Morgan fingerprint density at radius 2 is 2.07 bits per heavy atom. The number of nitrogens with zero attached hydrogens (tertiary/aromatic N) is 1. The van der Waals surface area contributed by atoms with Gasteiger partial charge in [-0.05, 0) is 11.6 Å². The molecule has 1 amide bonds. The molecule has 0 aliphatic rings. The maximum atomic E-state index is 11.9. The van der Waals surface area contributed by atoms with Crippen molar-refractivity contribution < 1.29 is 18.7 Å². The van der Waals surface area contributed by atoms with Gasteiger partial charge in [0.15, 0.2) is 0 Å². The highest BCUT2D eigenvalue weighted by molar-refractivity contribution is 6.62. The van der Waals surface area contributed by atoms with Gasteiger partial charge in [0.2, 0.25) is 0 Å². The van der Waals surface area contributed by atoms with Crippen LogP contribution in [-0.4, -0.2) is 57.0 Å². The van der Waals surface area contributed by atoms with Crippen LogP contribution in [0.15, 0.2) is 0 Å². The quantitative estimate of drug-likeness (QED) is 0.356. The minimum absolute atomic E-state index is 0.00989. The third-order valence-corrected chi connectivity index (χ3v) is 1.78. The van der Waals surface area contributed by atoms with E-state index in [2.05, 4.69) is 0 Å². The number of methoxy groups -OCH3 is 1. The predicted molar refractivity (Wildman–Crippen MR) is 51.5 cm³/mol. The number of carbonyl (C=O) groups is 1. The summed E-state index contributed by atoms with van der Waals surface area (Å²) in [6, 6.07) is 0. The SMILES string of the molecule is COCCOCCN(CCF)C(=O)Cl. The normalized spacial score (nSPS) is 10.2. The molecule has 0 heterocycles. The van der Waals surface area contributed by atoms with Crippen molar-refractivity contribution in [2.45, 2.75) is 0 Å². The second-order valence-electron chi connectivity index (χ2n) is 2.53. The van der Waals surface area contributed by atoms with E-state index in [1.807, 2.05) is 0 Å². The second kappa shape index (κ2) is 9.18. The summed E-state index contributed by atoms with van der Waals surface area (Å²) in [5.41, 5.74) is 0. The van der Waals surface area contributed by atoms with E-state index >= 15 is 0 Å². The Morgan fingerprint density at radius 3 is 2.57 bits per heavy atom. The fraction of sp³-hybridized carbons (Fsp3) is 0.875. The fourth-order valence-electron chi connectivity index (χ4n) is 0.809. The van der Waals surface area contributed by atoms with Gasteiger partial charge < -0.3 is 14.4 Å². The van der Waals surface area contributed by atoms with Crippen LogP contribution in [-0.2, 0) is 9.47 Å². The van der Waals surface area contributed by atoms with Gasteiger partial charge in [-0.2, -0.15) is 0 Å². The van der Waals surface area contributed by atoms with E-state index in [4.69, 9.17) is 21.1 Å². The average molecular weight is 228 g/mol. The van der Waals surface area contributed by atoms with E-state index in [-0.39, 0.29) is 6.54 Å². The van der Waals surface area contributed by atoms with Gasteiger partial charge in [-0.3, -0.25) is 4.79 Å². The maximum absolute atomic E-state index is 11.9. The Labute approximate surface area is 87.9 Å². The minimum Gasteiger partial charge on any atom is -0.382 e. The Hall–Kier alpha value is -0.390. The number of hydrogen-bond acceptors (Lipinski definition) is 3. The van der Waals surface area contributed by atoms with Crippen molar-refractivity contribution in [3.05, 3.63) is 0 Å². The molecular formula is C8H15ClFNO3. The number of rotatable bonds is 8. The number of carbonyl (C=O) groups excluding carboxylic acids is 1. The summed E-state index contributed by atoms with van der Waals surface area (Å²) >= 11 is 5.20. The number of alkyl halides is 1. The van der Waals surface area contributed by atoms with Gasteiger partial charge in [0.1, 0.15) is 6.67 Å². The Kier molecular flexibility index (Phi) is 8.92. The van der Waals surface area contributed by atoms with Crippen molar-refractivity contribution in [2.75, 3.05) is 46.7 Å². The Balaban J connectivity index is 3.46. The Morgan fingerprint density at radius 1 is 1.36 bits per heavy atom. The molecule has 4 nitrogen and oxygen atoms in total. The largest absolute Gasteiger partial charge is 0.382 e. The van der Waals surface area contributed by atoms with E-state index in [0.717, 1.165) is 0 Å². The fourth-order valence-corrected chi connectivity index (χ4v) is 0.978. The van der Waals surface area contributed by atoms with E-state index in [0.29, 0.717) is 26.4 Å². The third-order valence-electron chi connectivity index (χ3n) is 1.54. The zero-order chi connectivity index (χ0) is 10.8. The summed E-state index contributed by atoms with van der Waals surface area (Å²) in [5.74, 6) is 0. The van der Waals surface area contributed by atoms with Gasteiger partial charge in [0.05, 0.1) is 26.4 Å². The smallest absolute Gasteiger partial charge is 0.316 e. The van der Waals surface area contributed by atoms with Crippen molar-refractivity contribution in [2.24, 2.45) is 0 Å². The van der Waals surface area contributed by atoms with Gasteiger partial charge in [-0.1, -0.05) is 0 Å². The van der Waals surface area contributed by atoms with Crippen molar-refractivity contribution in [3.63, 3.8) is 0 Å². The van der Waals surface area contributed by atoms with E-state index in [1.165, 1.54) is 4.90 Å². The molecule has 0 saturated heterocycles. The first-order valence-corrected chi connectivity index (χ1v) is 4.67. The summed E-state index contributed by atoms with van der Waals surface area (Å²) in [6.45, 7) is 0.999.